The summed E-state index contributed by atoms with van der Waals surface area (Å²) in [4.78, 5) is 0. The van der Waals surface area contributed by atoms with E-state index in [-0.39, 0.29) is 0 Å². The van der Waals surface area contributed by atoms with Gasteiger partial charge in [-0.1, -0.05) is 18.2 Å². The summed E-state index contributed by atoms with van der Waals surface area (Å²) in [6.45, 7) is 3.79. The normalized spacial score (nSPS) is 45.8. The number of aliphatic hydroxyl groups is 1. The molecule has 0 radical (unpaired) electrons. The Labute approximate surface area is 73.8 Å². The van der Waals surface area contributed by atoms with Gasteiger partial charge in [-0.2, -0.15) is 0 Å². The fourth-order valence-corrected chi connectivity index (χ4v) is 2.57. The van der Waals surface area contributed by atoms with Gasteiger partial charge in [-0.3, -0.25) is 0 Å². The second kappa shape index (κ2) is 2.74. The first-order valence-corrected chi connectivity index (χ1v) is 4.76. The Hall–Kier alpha value is -0.560. The molecule has 66 valence electrons. The zero-order valence-electron chi connectivity index (χ0n) is 7.37. The highest BCUT2D eigenvalue weighted by molar-refractivity contribution is 5.11. The van der Waals surface area contributed by atoms with Crippen molar-refractivity contribution >= 4 is 0 Å². The van der Waals surface area contributed by atoms with Crippen molar-refractivity contribution in [2.24, 2.45) is 11.8 Å². The summed E-state index contributed by atoms with van der Waals surface area (Å²) < 4.78 is 0. The topological polar surface area (TPSA) is 20.2 Å². The summed E-state index contributed by atoms with van der Waals surface area (Å²) in [6, 6.07) is 0. The molecule has 2 bridgehead atoms. The van der Waals surface area contributed by atoms with E-state index in [4.69, 9.17) is 0 Å². The Balaban J connectivity index is 2.23. The number of allylic oxidation sites excluding steroid dienone is 1. The average Bonchev–Trinajstić information content (AvgIpc) is 2.04. The number of rotatable bonds is 1. The Morgan fingerprint density at radius 2 is 2.33 bits per heavy atom. The molecule has 1 fully saturated rings. The molecule has 0 unspecified atom stereocenters. The van der Waals surface area contributed by atoms with E-state index in [2.05, 4.69) is 18.7 Å². The van der Waals surface area contributed by atoms with Gasteiger partial charge in [-0.25, -0.2) is 0 Å². The fraction of sp³-hybridized carbons (Fsp3) is 0.636. The van der Waals surface area contributed by atoms with E-state index < -0.39 is 5.60 Å². The Morgan fingerprint density at radius 3 is 3.08 bits per heavy atom. The van der Waals surface area contributed by atoms with Crippen LogP contribution in [0.4, 0.5) is 0 Å². The number of hydrogen-bond acceptors (Lipinski definition) is 1. The molecule has 3 atom stereocenters. The van der Waals surface area contributed by atoms with Gasteiger partial charge < -0.3 is 5.11 Å². The third-order valence-corrected chi connectivity index (χ3v) is 3.32. The van der Waals surface area contributed by atoms with Crippen LogP contribution in [0.1, 0.15) is 25.7 Å². The molecule has 0 aromatic heterocycles. The van der Waals surface area contributed by atoms with Crippen LogP contribution in [0.25, 0.3) is 0 Å². The summed E-state index contributed by atoms with van der Waals surface area (Å²) in [7, 11) is 0. The van der Waals surface area contributed by atoms with Gasteiger partial charge in [0.05, 0.1) is 5.60 Å². The van der Waals surface area contributed by atoms with Crippen LogP contribution in [-0.4, -0.2) is 10.7 Å². The minimum absolute atomic E-state index is 0.318. The van der Waals surface area contributed by atoms with E-state index in [1.165, 1.54) is 6.42 Å². The molecule has 1 N–H and O–H groups in total. The predicted molar refractivity (Wildman–Crippen MR) is 49.7 cm³/mol. The monoisotopic (exact) mass is 164 g/mol. The molecule has 2 aliphatic rings. The highest BCUT2D eigenvalue weighted by Crippen LogP contribution is 2.43. The van der Waals surface area contributed by atoms with E-state index in [1.807, 2.05) is 6.08 Å². The highest BCUT2D eigenvalue weighted by Gasteiger charge is 2.41. The zero-order valence-corrected chi connectivity index (χ0v) is 7.37. The molecule has 2 rings (SSSR count). The average molecular weight is 164 g/mol. The van der Waals surface area contributed by atoms with Crippen LogP contribution < -0.4 is 0 Å². The third-order valence-electron chi connectivity index (χ3n) is 3.32. The van der Waals surface area contributed by atoms with Crippen molar-refractivity contribution in [1.82, 2.24) is 0 Å². The lowest BCUT2D eigenvalue weighted by molar-refractivity contribution is -0.0441. The van der Waals surface area contributed by atoms with E-state index in [0.717, 1.165) is 19.3 Å². The Morgan fingerprint density at radius 1 is 1.50 bits per heavy atom. The third kappa shape index (κ3) is 1.13. The van der Waals surface area contributed by atoms with Crippen molar-refractivity contribution in [2.75, 3.05) is 0 Å². The zero-order chi connectivity index (χ0) is 8.60. The van der Waals surface area contributed by atoms with Gasteiger partial charge in [-0.05, 0) is 31.6 Å². The number of fused-ring (bicyclic) bond motifs is 2. The lowest BCUT2D eigenvalue weighted by Crippen LogP contribution is -2.43. The SMILES string of the molecule is C=C[C@@H]1CC[C@@H]2C=CC[C@@]1(O)C2. The molecule has 0 aromatic rings. The van der Waals surface area contributed by atoms with Gasteiger partial charge >= 0.3 is 0 Å². The van der Waals surface area contributed by atoms with Gasteiger partial charge in [0.25, 0.3) is 0 Å². The largest absolute Gasteiger partial charge is 0.389 e. The Bertz CT molecular complexity index is 219. The van der Waals surface area contributed by atoms with Crippen LogP contribution in [0.15, 0.2) is 24.8 Å². The van der Waals surface area contributed by atoms with Crippen molar-refractivity contribution in [3.63, 3.8) is 0 Å². The molecule has 2 aliphatic carbocycles. The lowest BCUT2D eigenvalue weighted by atomic mass is 9.66. The second-order valence-electron chi connectivity index (χ2n) is 4.12. The lowest BCUT2D eigenvalue weighted by Gasteiger charge is -2.43. The van der Waals surface area contributed by atoms with E-state index >= 15 is 0 Å². The minimum atomic E-state index is -0.459. The molecule has 0 spiro atoms. The maximum absolute atomic E-state index is 10.2. The van der Waals surface area contributed by atoms with E-state index in [0.29, 0.717) is 11.8 Å². The smallest absolute Gasteiger partial charge is 0.0749 e. The van der Waals surface area contributed by atoms with Gasteiger partial charge in [-0.15, -0.1) is 6.58 Å². The molecule has 12 heavy (non-hydrogen) atoms. The molecule has 0 amide bonds. The molecular formula is C11H16O. The van der Waals surface area contributed by atoms with Gasteiger partial charge in [0.15, 0.2) is 0 Å². The molecular weight excluding hydrogens is 148 g/mol. The van der Waals surface area contributed by atoms with Crippen LogP contribution in [0.3, 0.4) is 0 Å². The van der Waals surface area contributed by atoms with Crippen molar-refractivity contribution < 1.29 is 5.11 Å². The van der Waals surface area contributed by atoms with E-state index in [9.17, 15) is 5.11 Å². The minimum Gasteiger partial charge on any atom is -0.389 e. The molecule has 0 saturated heterocycles. The summed E-state index contributed by atoms with van der Waals surface area (Å²) in [5.41, 5.74) is -0.459. The summed E-state index contributed by atoms with van der Waals surface area (Å²) in [5, 5.41) is 10.2. The van der Waals surface area contributed by atoms with Crippen LogP contribution in [-0.2, 0) is 0 Å². The van der Waals surface area contributed by atoms with Crippen molar-refractivity contribution in [3.05, 3.63) is 24.8 Å². The molecule has 1 nitrogen and oxygen atoms in total. The van der Waals surface area contributed by atoms with Crippen LogP contribution in [0.5, 0.6) is 0 Å². The molecule has 0 aliphatic heterocycles. The first-order chi connectivity index (χ1) is 5.74. The van der Waals surface area contributed by atoms with Crippen LogP contribution in [0.2, 0.25) is 0 Å². The van der Waals surface area contributed by atoms with Gasteiger partial charge in [0.2, 0.25) is 0 Å². The van der Waals surface area contributed by atoms with Crippen LogP contribution >= 0.6 is 0 Å². The maximum Gasteiger partial charge on any atom is 0.0749 e. The van der Waals surface area contributed by atoms with Crippen LogP contribution in [0, 0.1) is 11.8 Å². The molecule has 1 saturated carbocycles. The summed E-state index contributed by atoms with van der Waals surface area (Å²) >= 11 is 0. The predicted octanol–water partition coefficient (Wildman–Crippen LogP) is 2.28. The molecule has 0 heterocycles. The fourth-order valence-electron chi connectivity index (χ4n) is 2.57. The van der Waals surface area contributed by atoms with Gasteiger partial charge in [0.1, 0.15) is 0 Å². The van der Waals surface area contributed by atoms with Crippen molar-refractivity contribution in [1.29, 1.82) is 0 Å². The first-order valence-electron chi connectivity index (χ1n) is 4.76. The quantitative estimate of drug-likeness (QED) is 0.589. The molecule has 0 aromatic carbocycles. The summed E-state index contributed by atoms with van der Waals surface area (Å²) in [5.74, 6) is 0.943. The number of hydrogen-bond donors (Lipinski definition) is 1. The van der Waals surface area contributed by atoms with E-state index in [1.54, 1.807) is 0 Å². The van der Waals surface area contributed by atoms with Crippen molar-refractivity contribution in [3.8, 4) is 0 Å². The Kier molecular flexibility index (Phi) is 1.84. The highest BCUT2D eigenvalue weighted by atomic mass is 16.3. The standard InChI is InChI=1S/C11H16O/c1-2-10-6-5-9-4-3-7-11(10,12)8-9/h2-4,9-10,12H,1,5-8H2/t9-,10+,11+/m0/s1. The summed E-state index contributed by atoms with van der Waals surface area (Å²) in [6.07, 6.45) is 10.4. The first kappa shape index (κ1) is 8.06. The molecule has 1 heteroatoms. The van der Waals surface area contributed by atoms with Gasteiger partial charge in [0, 0.05) is 5.92 Å². The maximum atomic E-state index is 10.2. The van der Waals surface area contributed by atoms with Crippen molar-refractivity contribution in [2.45, 2.75) is 31.3 Å². The second-order valence-corrected chi connectivity index (χ2v) is 4.12.